The molecule has 17 heavy (non-hydrogen) atoms. The maximum Gasteiger partial charge on any atom is 0.337 e. The van der Waals surface area contributed by atoms with Crippen molar-refractivity contribution in [3.05, 3.63) is 28.8 Å². The molecular formula is C12H14ClNO3. The highest BCUT2D eigenvalue weighted by atomic mass is 35.5. The molecule has 0 fully saturated rings. The highest BCUT2D eigenvalue weighted by molar-refractivity contribution is 6.33. The van der Waals surface area contributed by atoms with E-state index in [1.54, 1.807) is 12.1 Å². The molecule has 1 amide bonds. The summed E-state index contributed by atoms with van der Waals surface area (Å²) in [6.45, 7) is 1.91. The van der Waals surface area contributed by atoms with Crippen molar-refractivity contribution in [2.45, 2.75) is 19.8 Å². The average molecular weight is 256 g/mol. The number of carbonyl (C=O) groups excluding carboxylic acids is 2. The SMILES string of the molecule is CCCC(=O)Nc1cc(C(=O)OC)ccc1Cl. The second-order valence-electron chi connectivity index (χ2n) is 3.48. The number of amides is 1. The standard InChI is InChI=1S/C12H14ClNO3/c1-3-4-11(15)14-10-7-8(12(16)17-2)5-6-9(10)13/h5-7H,3-4H2,1-2H3,(H,14,15). The van der Waals surface area contributed by atoms with Crippen LogP contribution in [0.5, 0.6) is 0 Å². The number of anilines is 1. The highest BCUT2D eigenvalue weighted by Gasteiger charge is 2.10. The Hall–Kier alpha value is -1.55. The van der Waals surface area contributed by atoms with Crippen molar-refractivity contribution in [3.63, 3.8) is 0 Å². The van der Waals surface area contributed by atoms with Crippen molar-refractivity contribution >= 4 is 29.2 Å². The van der Waals surface area contributed by atoms with Crippen LogP contribution in [-0.4, -0.2) is 19.0 Å². The second kappa shape index (κ2) is 6.25. The van der Waals surface area contributed by atoms with E-state index in [4.69, 9.17) is 11.6 Å². The van der Waals surface area contributed by atoms with Crippen LogP contribution in [0.15, 0.2) is 18.2 Å². The first-order chi connectivity index (χ1) is 8.08. The number of halogens is 1. The minimum atomic E-state index is -0.465. The third-order valence-corrected chi connectivity index (χ3v) is 2.47. The highest BCUT2D eigenvalue weighted by Crippen LogP contribution is 2.23. The Labute approximate surface area is 105 Å². The molecule has 0 spiro atoms. The van der Waals surface area contributed by atoms with Crippen molar-refractivity contribution in [1.29, 1.82) is 0 Å². The van der Waals surface area contributed by atoms with Gasteiger partial charge in [-0.05, 0) is 24.6 Å². The van der Waals surface area contributed by atoms with Gasteiger partial charge >= 0.3 is 5.97 Å². The van der Waals surface area contributed by atoms with Gasteiger partial charge in [-0.15, -0.1) is 0 Å². The smallest absolute Gasteiger partial charge is 0.337 e. The van der Waals surface area contributed by atoms with Gasteiger partial charge in [-0.25, -0.2) is 4.79 Å². The second-order valence-corrected chi connectivity index (χ2v) is 3.89. The Morgan fingerprint density at radius 2 is 2.12 bits per heavy atom. The lowest BCUT2D eigenvalue weighted by atomic mass is 10.2. The van der Waals surface area contributed by atoms with Crippen LogP contribution < -0.4 is 5.32 Å². The molecule has 0 aliphatic heterocycles. The number of esters is 1. The lowest BCUT2D eigenvalue weighted by Gasteiger charge is -2.08. The van der Waals surface area contributed by atoms with Gasteiger partial charge in [-0.2, -0.15) is 0 Å². The molecule has 1 aromatic carbocycles. The zero-order valence-electron chi connectivity index (χ0n) is 9.75. The molecule has 0 heterocycles. The predicted octanol–water partition coefficient (Wildman–Crippen LogP) is 2.87. The van der Waals surface area contributed by atoms with Crippen LogP contribution >= 0.6 is 11.6 Å². The molecule has 4 nitrogen and oxygen atoms in total. The molecule has 0 unspecified atom stereocenters. The largest absolute Gasteiger partial charge is 0.465 e. The normalized spacial score (nSPS) is 9.82. The number of ether oxygens (including phenoxy) is 1. The summed E-state index contributed by atoms with van der Waals surface area (Å²) in [7, 11) is 1.30. The molecule has 0 bridgehead atoms. The Balaban J connectivity index is 2.90. The lowest BCUT2D eigenvalue weighted by Crippen LogP contribution is -2.12. The summed E-state index contributed by atoms with van der Waals surface area (Å²) in [5.41, 5.74) is 0.775. The fraction of sp³-hybridized carbons (Fsp3) is 0.333. The molecule has 0 atom stereocenters. The summed E-state index contributed by atoms with van der Waals surface area (Å²) in [6, 6.07) is 4.60. The zero-order chi connectivity index (χ0) is 12.8. The summed E-state index contributed by atoms with van der Waals surface area (Å²) in [6.07, 6.45) is 1.17. The van der Waals surface area contributed by atoms with Gasteiger partial charge in [0.15, 0.2) is 0 Å². The Morgan fingerprint density at radius 3 is 2.71 bits per heavy atom. The Kier molecular flexibility index (Phi) is 4.97. The number of hydrogen-bond acceptors (Lipinski definition) is 3. The van der Waals surface area contributed by atoms with Crippen molar-refractivity contribution in [2.24, 2.45) is 0 Å². The molecule has 0 aliphatic carbocycles. The number of carbonyl (C=O) groups is 2. The average Bonchev–Trinajstić information content (AvgIpc) is 2.31. The van der Waals surface area contributed by atoms with Gasteiger partial charge in [0.2, 0.25) is 5.91 Å². The zero-order valence-corrected chi connectivity index (χ0v) is 10.5. The van der Waals surface area contributed by atoms with Crippen molar-refractivity contribution in [2.75, 3.05) is 12.4 Å². The minimum absolute atomic E-state index is 0.128. The Bertz CT molecular complexity index is 432. The van der Waals surface area contributed by atoms with Crippen LogP contribution in [0, 0.1) is 0 Å². The van der Waals surface area contributed by atoms with E-state index in [0.717, 1.165) is 6.42 Å². The molecule has 0 aliphatic rings. The Morgan fingerprint density at radius 1 is 1.41 bits per heavy atom. The van der Waals surface area contributed by atoms with E-state index in [1.807, 2.05) is 6.92 Å². The maximum atomic E-state index is 11.4. The molecule has 0 saturated heterocycles. The number of methoxy groups -OCH3 is 1. The van der Waals surface area contributed by atoms with Gasteiger partial charge in [0, 0.05) is 6.42 Å². The monoisotopic (exact) mass is 255 g/mol. The first kappa shape index (κ1) is 13.5. The van der Waals surface area contributed by atoms with Crippen LogP contribution in [0.3, 0.4) is 0 Å². The van der Waals surface area contributed by atoms with E-state index in [2.05, 4.69) is 10.1 Å². The minimum Gasteiger partial charge on any atom is -0.465 e. The summed E-state index contributed by atoms with van der Waals surface area (Å²) >= 11 is 5.92. The summed E-state index contributed by atoms with van der Waals surface area (Å²) < 4.78 is 4.59. The molecule has 0 aromatic heterocycles. The van der Waals surface area contributed by atoms with Gasteiger partial charge in [0.05, 0.1) is 23.4 Å². The van der Waals surface area contributed by atoms with Gasteiger partial charge in [-0.1, -0.05) is 18.5 Å². The maximum absolute atomic E-state index is 11.4. The first-order valence-electron chi connectivity index (χ1n) is 5.26. The fourth-order valence-corrected chi connectivity index (χ4v) is 1.47. The van der Waals surface area contributed by atoms with E-state index in [1.165, 1.54) is 13.2 Å². The predicted molar refractivity (Wildman–Crippen MR) is 66.3 cm³/mol. The first-order valence-corrected chi connectivity index (χ1v) is 5.64. The fourth-order valence-electron chi connectivity index (χ4n) is 1.31. The lowest BCUT2D eigenvalue weighted by molar-refractivity contribution is -0.116. The van der Waals surface area contributed by atoms with Crippen molar-refractivity contribution in [1.82, 2.24) is 0 Å². The van der Waals surface area contributed by atoms with E-state index in [9.17, 15) is 9.59 Å². The molecule has 5 heteroatoms. The molecule has 0 radical (unpaired) electrons. The molecule has 1 rings (SSSR count). The van der Waals surface area contributed by atoms with Gasteiger partial charge in [-0.3, -0.25) is 4.79 Å². The van der Waals surface area contributed by atoms with E-state index in [0.29, 0.717) is 22.7 Å². The number of nitrogens with one attached hydrogen (secondary N) is 1. The molecule has 92 valence electrons. The van der Waals surface area contributed by atoms with Gasteiger partial charge < -0.3 is 10.1 Å². The molecule has 1 aromatic rings. The number of rotatable bonds is 4. The molecule has 1 N–H and O–H groups in total. The van der Waals surface area contributed by atoms with Crippen LogP contribution in [0.4, 0.5) is 5.69 Å². The van der Waals surface area contributed by atoms with Gasteiger partial charge in [0.1, 0.15) is 0 Å². The van der Waals surface area contributed by atoms with E-state index < -0.39 is 5.97 Å². The van der Waals surface area contributed by atoms with E-state index >= 15 is 0 Å². The molecular weight excluding hydrogens is 242 g/mol. The van der Waals surface area contributed by atoms with Crippen molar-refractivity contribution < 1.29 is 14.3 Å². The van der Waals surface area contributed by atoms with Gasteiger partial charge in [0.25, 0.3) is 0 Å². The van der Waals surface area contributed by atoms with Crippen LogP contribution in [0.25, 0.3) is 0 Å². The third kappa shape index (κ3) is 3.75. The van der Waals surface area contributed by atoms with Crippen LogP contribution in [0.2, 0.25) is 5.02 Å². The topological polar surface area (TPSA) is 55.4 Å². The third-order valence-electron chi connectivity index (χ3n) is 2.14. The summed E-state index contributed by atoms with van der Waals surface area (Å²) in [5.74, 6) is -0.593. The van der Waals surface area contributed by atoms with Crippen LogP contribution in [-0.2, 0) is 9.53 Å². The summed E-state index contributed by atoms with van der Waals surface area (Å²) in [5, 5.41) is 3.04. The van der Waals surface area contributed by atoms with E-state index in [-0.39, 0.29) is 5.91 Å². The summed E-state index contributed by atoms with van der Waals surface area (Å²) in [4.78, 5) is 22.7. The number of hydrogen-bond donors (Lipinski definition) is 1. The molecule has 0 saturated carbocycles. The van der Waals surface area contributed by atoms with Crippen molar-refractivity contribution in [3.8, 4) is 0 Å². The number of benzene rings is 1. The quantitative estimate of drug-likeness (QED) is 0.842. The van der Waals surface area contributed by atoms with Crippen LogP contribution in [0.1, 0.15) is 30.1 Å².